The zero-order valence-electron chi connectivity index (χ0n) is 16.4. The lowest BCUT2D eigenvalue weighted by Gasteiger charge is -2.57. The van der Waals surface area contributed by atoms with Crippen molar-refractivity contribution in [2.75, 3.05) is 20.6 Å². The molecule has 4 heteroatoms. The average Bonchev–Trinajstić information content (AvgIpc) is 2.65. The number of piperidine rings is 1. The SMILES string of the molecule is CN1CC[C@@]2(C)c3cc(O)ccc3C[C@@H]1[C@@H]2N(C)C(=O)C1CCCCC1. The molecule has 3 aliphatic rings. The molecule has 26 heavy (non-hydrogen) atoms. The molecule has 1 aliphatic heterocycles. The molecule has 1 saturated carbocycles. The molecule has 4 nitrogen and oxygen atoms in total. The standard InChI is InChI=1S/C22H32N2O2/c1-22-11-12-23(2)19(13-16-9-10-17(25)14-18(16)22)20(22)24(3)21(26)15-7-5-4-6-8-15/h9-10,14-15,19-20,25H,4-8,11-13H2,1-3H3/t19-,20+,22+/m1/s1. The minimum Gasteiger partial charge on any atom is -0.508 e. The number of hydrogen-bond donors (Lipinski definition) is 1. The Hall–Kier alpha value is -1.55. The molecular formula is C22H32N2O2. The fraction of sp³-hybridized carbons (Fsp3) is 0.682. The van der Waals surface area contributed by atoms with Crippen LogP contribution in [-0.4, -0.2) is 53.5 Å². The van der Waals surface area contributed by atoms with Crippen molar-refractivity contribution in [2.45, 2.75) is 69.4 Å². The van der Waals surface area contributed by atoms with Crippen LogP contribution in [0.2, 0.25) is 0 Å². The number of likely N-dealkylation sites (tertiary alicyclic amines) is 1. The Morgan fingerprint density at radius 2 is 2.00 bits per heavy atom. The van der Waals surface area contributed by atoms with Crippen LogP contribution in [0.25, 0.3) is 0 Å². The Morgan fingerprint density at radius 1 is 1.27 bits per heavy atom. The van der Waals surface area contributed by atoms with E-state index in [9.17, 15) is 9.90 Å². The fourth-order valence-corrected chi connectivity index (χ4v) is 5.91. The Balaban J connectivity index is 1.71. The topological polar surface area (TPSA) is 43.8 Å². The predicted octanol–water partition coefficient (Wildman–Crippen LogP) is 3.32. The summed E-state index contributed by atoms with van der Waals surface area (Å²) in [6.45, 7) is 3.35. The number of benzene rings is 1. The number of hydrogen-bond acceptors (Lipinski definition) is 3. The van der Waals surface area contributed by atoms with Gasteiger partial charge in [-0.1, -0.05) is 32.3 Å². The Bertz CT molecular complexity index is 697. The molecule has 2 aliphatic carbocycles. The van der Waals surface area contributed by atoms with Crippen LogP contribution in [0, 0.1) is 5.92 Å². The third kappa shape index (κ3) is 2.74. The van der Waals surface area contributed by atoms with Gasteiger partial charge in [0.1, 0.15) is 5.75 Å². The van der Waals surface area contributed by atoms with Crippen LogP contribution >= 0.6 is 0 Å². The second kappa shape index (κ2) is 6.56. The minimum atomic E-state index is -0.0947. The molecule has 2 fully saturated rings. The first-order chi connectivity index (χ1) is 12.4. The van der Waals surface area contributed by atoms with Crippen LogP contribution in [0.5, 0.6) is 5.75 Å². The molecule has 1 saturated heterocycles. The second-order valence-corrected chi connectivity index (χ2v) is 8.99. The van der Waals surface area contributed by atoms with Crippen LogP contribution in [0.4, 0.5) is 0 Å². The summed E-state index contributed by atoms with van der Waals surface area (Å²) in [6, 6.07) is 6.35. The van der Waals surface area contributed by atoms with Gasteiger partial charge in [-0.2, -0.15) is 0 Å². The summed E-state index contributed by atoms with van der Waals surface area (Å²) in [5.41, 5.74) is 2.48. The molecule has 0 unspecified atom stereocenters. The maximum absolute atomic E-state index is 13.3. The van der Waals surface area contributed by atoms with Gasteiger partial charge in [0.25, 0.3) is 0 Å². The average molecular weight is 357 g/mol. The van der Waals surface area contributed by atoms with Gasteiger partial charge in [-0.25, -0.2) is 0 Å². The van der Waals surface area contributed by atoms with Gasteiger partial charge in [-0.3, -0.25) is 4.79 Å². The molecule has 1 aromatic carbocycles. The molecule has 1 heterocycles. The molecule has 3 atom stereocenters. The molecule has 0 spiro atoms. The molecule has 142 valence electrons. The number of carbonyl (C=O) groups is 1. The zero-order chi connectivity index (χ0) is 18.5. The van der Waals surface area contributed by atoms with E-state index in [0.717, 1.165) is 32.2 Å². The lowest BCUT2D eigenvalue weighted by molar-refractivity contribution is -0.142. The highest BCUT2D eigenvalue weighted by molar-refractivity contribution is 5.79. The first-order valence-electron chi connectivity index (χ1n) is 10.2. The van der Waals surface area contributed by atoms with Crippen molar-refractivity contribution >= 4 is 5.91 Å². The Morgan fingerprint density at radius 3 is 2.73 bits per heavy atom. The normalized spacial score (nSPS) is 32.1. The number of rotatable bonds is 2. The van der Waals surface area contributed by atoms with E-state index in [1.165, 1.54) is 30.4 Å². The Kier molecular flexibility index (Phi) is 4.50. The van der Waals surface area contributed by atoms with Gasteiger partial charge in [0, 0.05) is 24.4 Å². The highest BCUT2D eigenvalue weighted by Gasteiger charge is 2.53. The van der Waals surface area contributed by atoms with E-state index in [4.69, 9.17) is 0 Å². The van der Waals surface area contributed by atoms with Crippen molar-refractivity contribution in [1.82, 2.24) is 9.80 Å². The van der Waals surface area contributed by atoms with Crippen molar-refractivity contribution < 1.29 is 9.90 Å². The molecule has 1 aromatic rings. The quantitative estimate of drug-likeness (QED) is 0.884. The highest BCUT2D eigenvalue weighted by atomic mass is 16.3. The predicted molar refractivity (Wildman–Crippen MR) is 103 cm³/mol. The first-order valence-corrected chi connectivity index (χ1v) is 10.2. The van der Waals surface area contributed by atoms with E-state index in [1.54, 1.807) is 6.07 Å². The number of nitrogens with zero attached hydrogens (tertiary/aromatic N) is 2. The fourth-order valence-electron chi connectivity index (χ4n) is 5.91. The number of amides is 1. The third-order valence-electron chi connectivity index (χ3n) is 7.42. The summed E-state index contributed by atoms with van der Waals surface area (Å²) < 4.78 is 0. The van der Waals surface area contributed by atoms with E-state index in [2.05, 4.69) is 29.8 Å². The number of phenols is 1. The lowest BCUT2D eigenvalue weighted by atomic mass is 9.61. The Labute approximate surface area is 157 Å². The maximum Gasteiger partial charge on any atom is 0.225 e. The first kappa shape index (κ1) is 17.8. The molecule has 1 amide bonds. The van der Waals surface area contributed by atoms with E-state index >= 15 is 0 Å². The van der Waals surface area contributed by atoms with Crippen LogP contribution in [0.15, 0.2) is 18.2 Å². The zero-order valence-corrected chi connectivity index (χ0v) is 16.4. The molecule has 0 radical (unpaired) electrons. The highest BCUT2D eigenvalue weighted by Crippen LogP contribution is 2.47. The third-order valence-corrected chi connectivity index (χ3v) is 7.42. The largest absolute Gasteiger partial charge is 0.508 e. The summed E-state index contributed by atoms with van der Waals surface area (Å²) in [5, 5.41) is 10.1. The summed E-state index contributed by atoms with van der Waals surface area (Å²) in [5.74, 6) is 0.876. The van der Waals surface area contributed by atoms with Gasteiger partial charge < -0.3 is 14.9 Å². The van der Waals surface area contributed by atoms with Gasteiger partial charge >= 0.3 is 0 Å². The van der Waals surface area contributed by atoms with Crippen LogP contribution < -0.4 is 0 Å². The summed E-state index contributed by atoms with van der Waals surface area (Å²) in [4.78, 5) is 17.8. The van der Waals surface area contributed by atoms with E-state index in [1.807, 2.05) is 13.1 Å². The van der Waals surface area contributed by atoms with Gasteiger partial charge in [-0.15, -0.1) is 0 Å². The van der Waals surface area contributed by atoms with E-state index in [0.29, 0.717) is 17.7 Å². The molecule has 2 bridgehead atoms. The number of phenolic OH excluding ortho intramolecular Hbond substituents is 1. The van der Waals surface area contributed by atoms with Crippen LogP contribution in [0.1, 0.15) is 56.6 Å². The number of likely N-dealkylation sites (N-methyl/N-ethyl adjacent to an activating group) is 2. The van der Waals surface area contributed by atoms with Crippen molar-refractivity contribution in [3.63, 3.8) is 0 Å². The second-order valence-electron chi connectivity index (χ2n) is 8.99. The monoisotopic (exact) mass is 356 g/mol. The van der Waals surface area contributed by atoms with Crippen LogP contribution in [0.3, 0.4) is 0 Å². The van der Waals surface area contributed by atoms with Crippen LogP contribution in [-0.2, 0) is 16.6 Å². The van der Waals surface area contributed by atoms with Crippen molar-refractivity contribution in [3.8, 4) is 5.75 Å². The van der Waals surface area contributed by atoms with Gasteiger partial charge in [0.15, 0.2) is 0 Å². The van der Waals surface area contributed by atoms with E-state index < -0.39 is 0 Å². The minimum absolute atomic E-state index is 0.0947. The number of carbonyl (C=O) groups excluding carboxylic acids is 1. The van der Waals surface area contributed by atoms with Gasteiger partial charge in [0.2, 0.25) is 5.91 Å². The lowest BCUT2D eigenvalue weighted by Crippen LogP contribution is -2.67. The van der Waals surface area contributed by atoms with Crippen molar-refractivity contribution in [1.29, 1.82) is 0 Å². The van der Waals surface area contributed by atoms with Gasteiger partial charge in [-0.05, 0) is 62.5 Å². The molecule has 4 rings (SSSR count). The summed E-state index contributed by atoms with van der Waals surface area (Å²) in [7, 11) is 4.22. The van der Waals surface area contributed by atoms with E-state index in [-0.39, 0.29) is 17.4 Å². The summed E-state index contributed by atoms with van der Waals surface area (Å²) >= 11 is 0. The maximum atomic E-state index is 13.3. The molecular weight excluding hydrogens is 324 g/mol. The van der Waals surface area contributed by atoms with Gasteiger partial charge in [0.05, 0.1) is 6.04 Å². The molecule has 1 N–H and O–H groups in total. The smallest absolute Gasteiger partial charge is 0.225 e. The van der Waals surface area contributed by atoms with Crippen molar-refractivity contribution in [2.24, 2.45) is 5.92 Å². The summed E-state index contributed by atoms with van der Waals surface area (Å²) in [6.07, 6.45) is 7.71. The molecule has 0 aromatic heterocycles. The number of aromatic hydroxyl groups is 1. The number of fused-ring (bicyclic) bond motifs is 4. The van der Waals surface area contributed by atoms with Crippen molar-refractivity contribution in [3.05, 3.63) is 29.3 Å².